The maximum atomic E-state index is 4.72. The minimum atomic E-state index is 0. The van der Waals surface area contributed by atoms with Gasteiger partial charge in [-0.2, -0.15) is 0 Å². The molecule has 0 bridgehead atoms. The molecule has 6 nitrogen and oxygen atoms in total. The van der Waals surface area contributed by atoms with Crippen LogP contribution in [0.1, 0.15) is 49.7 Å². The number of aliphatic imine (C=N–C) groups is 1. The molecular weight excluding hydrogens is 515 g/mol. The summed E-state index contributed by atoms with van der Waals surface area (Å²) in [5.41, 5.74) is 0. The van der Waals surface area contributed by atoms with E-state index in [-0.39, 0.29) is 24.0 Å². The van der Waals surface area contributed by atoms with Gasteiger partial charge in [0.15, 0.2) is 11.1 Å². The summed E-state index contributed by atoms with van der Waals surface area (Å²) in [6.07, 6.45) is 5.06. The molecule has 0 aliphatic heterocycles. The number of thioether (sulfide) groups is 1. The molecule has 0 saturated heterocycles. The topological polar surface area (TPSA) is 67.1 Å². The van der Waals surface area contributed by atoms with Gasteiger partial charge in [-0.05, 0) is 44.1 Å². The maximum absolute atomic E-state index is 4.72. The van der Waals surface area contributed by atoms with Crippen LogP contribution < -0.4 is 10.6 Å². The Morgan fingerprint density at radius 2 is 1.97 bits per heavy atom. The highest BCUT2D eigenvalue weighted by Gasteiger charge is 2.12. The number of aryl methyl sites for hydroxylation is 2. The predicted octanol–water partition coefficient (Wildman–Crippen LogP) is 4.59. The first-order chi connectivity index (χ1) is 13.6. The van der Waals surface area contributed by atoms with E-state index in [9.17, 15) is 0 Å². The fourth-order valence-corrected chi connectivity index (χ4v) is 4.26. The number of nitrogens with one attached hydrogen (secondary N) is 2. The number of nitrogens with zero attached hydrogens (tertiary/aromatic N) is 4. The minimum Gasteiger partial charge on any atom is -0.357 e. The summed E-state index contributed by atoms with van der Waals surface area (Å²) in [5.74, 6) is 2.53. The van der Waals surface area contributed by atoms with Crippen molar-refractivity contribution in [2.75, 3.05) is 19.3 Å². The smallest absolute Gasteiger partial charge is 0.191 e. The van der Waals surface area contributed by atoms with E-state index in [0.717, 1.165) is 62.4 Å². The van der Waals surface area contributed by atoms with E-state index in [1.54, 1.807) is 11.8 Å². The number of halogens is 1. The third-order valence-electron chi connectivity index (χ3n) is 4.20. The number of thiophene rings is 1. The standard InChI is InChI=1S/C20H34N6S2.HI/c1-6-16-10-11-17(28-16)13-23-19(21-7-2)22-12-8-9-18-24-25-20(27-5)26(18)14-15(3)4;/h10-11,15H,6-9,12-14H2,1-5H3,(H2,21,22,23);1H. The molecule has 2 aromatic rings. The lowest BCUT2D eigenvalue weighted by Gasteiger charge is -2.13. The minimum absolute atomic E-state index is 0. The lowest BCUT2D eigenvalue weighted by Crippen LogP contribution is -2.37. The molecule has 0 radical (unpaired) electrons. The van der Waals surface area contributed by atoms with Gasteiger partial charge in [0.05, 0.1) is 6.54 Å². The van der Waals surface area contributed by atoms with Crippen molar-refractivity contribution < 1.29 is 0 Å². The van der Waals surface area contributed by atoms with E-state index in [4.69, 9.17) is 4.99 Å². The van der Waals surface area contributed by atoms with Crippen molar-refractivity contribution in [1.82, 2.24) is 25.4 Å². The zero-order valence-corrected chi connectivity index (χ0v) is 22.2. The van der Waals surface area contributed by atoms with Crippen LogP contribution in [0.5, 0.6) is 0 Å². The summed E-state index contributed by atoms with van der Waals surface area (Å²) >= 11 is 3.51. The Labute approximate surface area is 200 Å². The molecule has 0 aliphatic carbocycles. The van der Waals surface area contributed by atoms with E-state index in [1.165, 1.54) is 9.75 Å². The van der Waals surface area contributed by atoms with Crippen LogP contribution in [0, 0.1) is 5.92 Å². The van der Waals surface area contributed by atoms with E-state index < -0.39 is 0 Å². The molecule has 9 heteroatoms. The SMILES string of the molecule is CCNC(=NCc1ccc(CC)s1)NCCCc1nnc(SC)n1CC(C)C.I. The molecule has 0 amide bonds. The van der Waals surface area contributed by atoms with Gasteiger partial charge >= 0.3 is 0 Å². The zero-order chi connectivity index (χ0) is 20.4. The number of hydrogen-bond donors (Lipinski definition) is 2. The third-order valence-corrected chi connectivity index (χ3v) is 6.08. The third kappa shape index (κ3) is 8.84. The second-order valence-electron chi connectivity index (χ2n) is 7.05. The Morgan fingerprint density at radius 3 is 2.59 bits per heavy atom. The van der Waals surface area contributed by atoms with E-state index in [2.05, 4.69) is 71.5 Å². The van der Waals surface area contributed by atoms with Gasteiger partial charge in [-0.1, -0.05) is 32.5 Å². The van der Waals surface area contributed by atoms with Crippen LogP contribution in [-0.2, 0) is 25.9 Å². The largest absolute Gasteiger partial charge is 0.357 e. The van der Waals surface area contributed by atoms with Gasteiger partial charge in [0, 0.05) is 35.8 Å². The Hall–Kier alpha value is -0.810. The number of guanidine groups is 1. The van der Waals surface area contributed by atoms with Gasteiger partial charge in [-0.3, -0.25) is 0 Å². The molecule has 2 aromatic heterocycles. The van der Waals surface area contributed by atoms with Crippen molar-refractivity contribution in [3.05, 3.63) is 27.7 Å². The second-order valence-corrected chi connectivity index (χ2v) is 9.08. The predicted molar refractivity (Wildman–Crippen MR) is 137 cm³/mol. The zero-order valence-electron chi connectivity index (χ0n) is 18.2. The van der Waals surface area contributed by atoms with Crippen LogP contribution in [0.25, 0.3) is 0 Å². The summed E-state index contributed by atoms with van der Waals surface area (Å²) in [6, 6.07) is 4.38. The van der Waals surface area contributed by atoms with Gasteiger partial charge in [0.2, 0.25) is 0 Å². The van der Waals surface area contributed by atoms with Gasteiger partial charge in [0.25, 0.3) is 0 Å². The van der Waals surface area contributed by atoms with Gasteiger partial charge in [-0.15, -0.1) is 45.5 Å². The average molecular weight is 551 g/mol. The van der Waals surface area contributed by atoms with E-state index >= 15 is 0 Å². The van der Waals surface area contributed by atoms with Crippen LogP contribution in [0.2, 0.25) is 0 Å². The molecule has 0 fully saturated rings. The monoisotopic (exact) mass is 550 g/mol. The lowest BCUT2D eigenvalue weighted by molar-refractivity contribution is 0.477. The van der Waals surface area contributed by atoms with Crippen molar-refractivity contribution in [2.45, 2.75) is 65.2 Å². The molecule has 164 valence electrons. The van der Waals surface area contributed by atoms with Gasteiger partial charge in [0.1, 0.15) is 5.82 Å². The van der Waals surface area contributed by atoms with Crippen molar-refractivity contribution in [1.29, 1.82) is 0 Å². The summed E-state index contributed by atoms with van der Waals surface area (Å²) in [7, 11) is 0. The number of aromatic nitrogens is 3. The Bertz CT molecular complexity index is 741. The average Bonchev–Trinajstić information content (AvgIpc) is 3.29. The molecule has 2 rings (SSSR count). The van der Waals surface area contributed by atoms with Crippen LogP contribution in [0.15, 0.2) is 22.3 Å². The number of rotatable bonds is 11. The Morgan fingerprint density at radius 1 is 1.21 bits per heavy atom. The highest BCUT2D eigenvalue weighted by molar-refractivity contribution is 14.0. The molecule has 0 aromatic carbocycles. The van der Waals surface area contributed by atoms with Crippen LogP contribution in [0.3, 0.4) is 0 Å². The maximum Gasteiger partial charge on any atom is 0.191 e. The van der Waals surface area contributed by atoms with E-state index in [0.29, 0.717) is 5.92 Å². The first kappa shape index (κ1) is 26.2. The molecule has 0 spiro atoms. The first-order valence-electron chi connectivity index (χ1n) is 10.1. The molecule has 2 N–H and O–H groups in total. The molecule has 2 heterocycles. The molecule has 0 unspecified atom stereocenters. The summed E-state index contributed by atoms with van der Waals surface area (Å²) in [5, 5.41) is 16.5. The van der Waals surface area contributed by atoms with Crippen molar-refractivity contribution in [3.8, 4) is 0 Å². The summed E-state index contributed by atoms with van der Waals surface area (Å²) in [4.78, 5) is 7.44. The molecule has 0 saturated carbocycles. The van der Waals surface area contributed by atoms with Gasteiger partial charge in [-0.25, -0.2) is 4.99 Å². The van der Waals surface area contributed by atoms with Crippen LogP contribution >= 0.6 is 47.1 Å². The van der Waals surface area contributed by atoms with Crippen LogP contribution in [0.4, 0.5) is 0 Å². The highest BCUT2D eigenvalue weighted by atomic mass is 127. The fraction of sp³-hybridized carbons (Fsp3) is 0.650. The summed E-state index contributed by atoms with van der Waals surface area (Å²) in [6.45, 7) is 12.1. The number of hydrogen-bond acceptors (Lipinski definition) is 5. The normalized spacial score (nSPS) is 11.6. The lowest BCUT2D eigenvalue weighted by atomic mass is 10.2. The molecule has 29 heavy (non-hydrogen) atoms. The highest BCUT2D eigenvalue weighted by Crippen LogP contribution is 2.18. The quantitative estimate of drug-likeness (QED) is 0.141. The molecule has 0 aliphatic rings. The molecule has 0 atom stereocenters. The van der Waals surface area contributed by atoms with Crippen molar-refractivity contribution >= 4 is 53.0 Å². The van der Waals surface area contributed by atoms with Crippen molar-refractivity contribution in [3.63, 3.8) is 0 Å². The Kier molecular flexibility index (Phi) is 12.9. The fourth-order valence-electron chi connectivity index (χ4n) is 2.85. The van der Waals surface area contributed by atoms with Crippen molar-refractivity contribution in [2.24, 2.45) is 10.9 Å². The van der Waals surface area contributed by atoms with Crippen LogP contribution in [-0.4, -0.2) is 40.1 Å². The summed E-state index contributed by atoms with van der Waals surface area (Å²) < 4.78 is 2.26. The molecular formula is C20H35IN6S2. The van der Waals surface area contributed by atoms with E-state index in [1.807, 2.05) is 11.3 Å². The Balaban J connectivity index is 0.00000420. The first-order valence-corrected chi connectivity index (χ1v) is 12.2. The van der Waals surface area contributed by atoms with Gasteiger partial charge < -0.3 is 15.2 Å². The second kappa shape index (κ2) is 14.2.